The van der Waals surface area contributed by atoms with Gasteiger partial charge in [-0.25, -0.2) is 4.98 Å². The molecule has 5 heteroatoms. The summed E-state index contributed by atoms with van der Waals surface area (Å²) in [5.41, 5.74) is 2.82. The SMILES string of the molecule is c1cc(NCc2cscn2)no1. The van der Waals surface area contributed by atoms with Crippen LogP contribution in [0.2, 0.25) is 0 Å². The Hall–Kier alpha value is -1.36. The predicted octanol–water partition coefficient (Wildman–Crippen LogP) is 1.74. The average molecular weight is 181 g/mol. The first-order valence-corrected chi connectivity index (χ1v) is 4.41. The fourth-order valence-corrected chi connectivity index (χ4v) is 1.37. The zero-order valence-electron chi connectivity index (χ0n) is 6.23. The van der Waals surface area contributed by atoms with Crippen molar-refractivity contribution < 1.29 is 4.52 Å². The van der Waals surface area contributed by atoms with Crippen molar-refractivity contribution in [2.75, 3.05) is 5.32 Å². The molecular formula is C7H7N3OS. The maximum atomic E-state index is 4.65. The summed E-state index contributed by atoms with van der Waals surface area (Å²) in [7, 11) is 0. The van der Waals surface area contributed by atoms with Crippen LogP contribution in [0.5, 0.6) is 0 Å². The Morgan fingerprint density at radius 2 is 2.58 bits per heavy atom. The second-order valence-electron chi connectivity index (χ2n) is 2.22. The Morgan fingerprint density at radius 1 is 1.58 bits per heavy atom. The van der Waals surface area contributed by atoms with Gasteiger partial charge >= 0.3 is 0 Å². The highest BCUT2D eigenvalue weighted by Crippen LogP contribution is 2.05. The largest absolute Gasteiger partial charge is 0.363 e. The quantitative estimate of drug-likeness (QED) is 0.783. The fraction of sp³-hybridized carbons (Fsp3) is 0.143. The molecule has 2 aromatic heterocycles. The molecular weight excluding hydrogens is 174 g/mol. The van der Waals surface area contributed by atoms with Gasteiger partial charge in [0.05, 0.1) is 17.7 Å². The molecule has 62 valence electrons. The van der Waals surface area contributed by atoms with Crippen molar-refractivity contribution in [3.63, 3.8) is 0 Å². The minimum Gasteiger partial charge on any atom is -0.363 e. The summed E-state index contributed by atoms with van der Waals surface area (Å²) in [6.07, 6.45) is 1.53. The van der Waals surface area contributed by atoms with Gasteiger partial charge in [0.25, 0.3) is 0 Å². The van der Waals surface area contributed by atoms with E-state index < -0.39 is 0 Å². The van der Waals surface area contributed by atoms with Crippen LogP contribution in [0.25, 0.3) is 0 Å². The van der Waals surface area contributed by atoms with Gasteiger partial charge in [-0.15, -0.1) is 11.3 Å². The Labute approximate surface area is 73.2 Å². The van der Waals surface area contributed by atoms with Crippen molar-refractivity contribution in [2.24, 2.45) is 0 Å². The third-order valence-corrected chi connectivity index (χ3v) is 2.01. The van der Waals surface area contributed by atoms with Gasteiger partial charge in [0.1, 0.15) is 6.26 Å². The van der Waals surface area contributed by atoms with Crippen LogP contribution in [0.15, 0.2) is 27.7 Å². The second kappa shape index (κ2) is 3.36. The summed E-state index contributed by atoms with van der Waals surface area (Å²) in [5.74, 6) is 0.739. The number of hydrogen-bond acceptors (Lipinski definition) is 5. The molecule has 2 heterocycles. The molecule has 0 aromatic carbocycles. The maximum Gasteiger partial charge on any atom is 0.169 e. The highest BCUT2D eigenvalue weighted by molar-refractivity contribution is 7.07. The van der Waals surface area contributed by atoms with Gasteiger partial charge in [0.2, 0.25) is 0 Å². The molecule has 0 bridgehead atoms. The first-order valence-electron chi connectivity index (χ1n) is 3.46. The molecule has 0 unspecified atom stereocenters. The van der Waals surface area contributed by atoms with Crippen molar-refractivity contribution in [3.8, 4) is 0 Å². The summed E-state index contributed by atoms with van der Waals surface area (Å²) in [5, 5.41) is 8.76. The van der Waals surface area contributed by atoms with Crippen molar-refractivity contribution in [1.29, 1.82) is 0 Å². The third-order valence-electron chi connectivity index (χ3n) is 1.37. The van der Waals surface area contributed by atoms with Gasteiger partial charge < -0.3 is 9.84 Å². The van der Waals surface area contributed by atoms with Gasteiger partial charge in [-0.2, -0.15) is 0 Å². The van der Waals surface area contributed by atoms with E-state index >= 15 is 0 Å². The van der Waals surface area contributed by atoms with E-state index in [0.29, 0.717) is 6.54 Å². The lowest BCUT2D eigenvalue weighted by molar-refractivity contribution is 0.422. The molecule has 0 radical (unpaired) electrons. The number of hydrogen-bond donors (Lipinski definition) is 1. The van der Waals surface area contributed by atoms with Gasteiger partial charge in [0, 0.05) is 11.4 Å². The van der Waals surface area contributed by atoms with Gasteiger partial charge in [-0.1, -0.05) is 5.16 Å². The Balaban J connectivity index is 1.91. The number of aromatic nitrogens is 2. The summed E-state index contributed by atoms with van der Waals surface area (Å²) in [6.45, 7) is 0.691. The van der Waals surface area contributed by atoms with Crippen LogP contribution in [-0.4, -0.2) is 10.1 Å². The standard InChI is InChI=1S/C7H7N3OS/c1-2-11-10-7(1)8-3-6-4-12-5-9-6/h1-2,4-5H,3H2,(H,8,10). The average Bonchev–Trinajstić information content (AvgIpc) is 2.74. The zero-order valence-corrected chi connectivity index (χ0v) is 7.04. The minimum atomic E-state index is 0.691. The first-order chi connectivity index (χ1) is 5.95. The van der Waals surface area contributed by atoms with E-state index in [-0.39, 0.29) is 0 Å². The molecule has 0 aliphatic carbocycles. The predicted molar refractivity (Wildman–Crippen MR) is 45.9 cm³/mol. The number of nitrogens with one attached hydrogen (secondary N) is 1. The normalized spacial score (nSPS) is 10.0. The molecule has 2 rings (SSSR count). The second-order valence-corrected chi connectivity index (χ2v) is 2.94. The van der Waals surface area contributed by atoms with Crippen molar-refractivity contribution in [1.82, 2.24) is 10.1 Å². The topological polar surface area (TPSA) is 51.0 Å². The van der Waals surface area contributed by atoms with E-state index in [4.69, 9.17) is 0 Å². The molecule has 0 aliphatic rings. The molecule has 0 fully saturated rings. The highest BCUT2D eigenvalue weighted by atomic mass is 32.1. The molecule has 2 aromatic rings. The smallest absolute Gasteiger partial charge is 0.169 e. The van der Waals surface area contributed by atoms with E-state index in [1.54, 1.807) is 22.9 Å². The van der Waals surface area contributed by atoms with Gasteiger partial charge in [0.15, 0.2) is 5.82 Å². The van der Waals surface area contributed by atoms with Crippen LogP contribution in [0.1, 0.15) is 5.69 Å². The molecule has 12 heavy (non-hydrogen) atoms. The van der Waals surface area contributed by atoms with Crippen molar-refractivity contribution in [2.45, 2.75) is 6.54 Å². The third kappa shape index (κ3) is 1.62. The first kappa shape index (κ1) is 7.30. The van der Waals surface area contributed by atoms with Crippen LogP contribution in [0.4, 0.5) is 5.82 Å². The highest BCUT2D eigenvalue weighted by Gasteiger charge is 1.96. The summed E-state index contributed by atoms with van der Waals surface area (Å²) in [4.78, 5) is 4.11. The van der Waals surface area contributed by atoms with E-state index in [2.05, 4.69) is 20.0 Å². The molecule has 0 aliphatic heterocycles. The van der Waals surface area contributed by atoms with Crippen LogP contribution in [0.3, 0.4) is 0 Å². The van der Waals surface area contributed by atoms with Crippen LogP contribution in [0, 0.1) is 0 Å². The zero-order chi connectivity index (χ0) is 8.23. The van der Waals surface area contributed by atoms with Crippen LogP contribution in [-0.2, 0) is 6.54 Å². The summed E-state index contributed by atoms with van der Waals surface area (Å²) < 4.78 is 4.65. The molecule has 0 saturated heterocycles. The summed E-state index contributed by atoms with van der Waals surface area (Å²) in [6, 6.07) is 1.77. The van der Waals surface area contributed by atoms with E-state index in [9.17, 15) is 0 Å². The Kier molecular flexibility index (Phi) is 2.04. The Bertz CT molecular complexity index is 282. The lowest BCUT2D eigenvalue weighted by Gasteiger charge is -1.96. The van der Waals surface area contributed by atoms with E-state index in [0.717, 1.165) is 11.5 Å². The van der Waals surface area contributed by atoms with Crippen LogP contribution < -0.4 is 5.32 Å². The van der Waals surface area contributed by atoms with E-state index in [1.165, 1.54) is 6.26 Å². The van der Waals surface area contributed by atoms with Crippen LogP contribution >= 0.6 is 11.3 Å². The van der Waals surface area contributed by atoms with Gasteiger partial charge in [-0.05, 0) is 0 Å². The molecule has 1 N–H and O–H groups in total. The Morgan fingerprint density at radius 3 is 3.25 bits per heavy atom. The number of thiazole rings is 1. The lowest BCUT2D eigenvalue weighted by atomic mass is 10.5. The maximum absolute atomic E-state index is 4.65. The number of anilines is 1. The molecule has 0 amide bonds. The molecule has 0 saturated carbocycles. The molecule has 0 atom stereocenters. The number of rotatable bonds is 3. The fourth-order valence-electron chi connectivity index (χ4n) is 0.810. The van der Waals surface area contributed by atoms with E-state index in [1.807, 2.05) is 5.38 Å². The lowest BCUT2D eigenvalue weighted by Crippen LogP contribution is -1.98. The molecule has 0 spiro atoms. The minimum absolute atomic E-state index is 0.691. The molecule has 4 nitrogen and oxygen atoms in total. The number of nitrogens with zero attached hydrogens (tertiary/aromatic N) is 2. The van der Waals surface area contributed by atoms with Crippen molar-refractivity contribution >= 4 is 17.2 Å². The monoisotopic (exact) mass is 181 g/mol. The van der Waals surface area contributed by atoms with Crippen molar-refractivity contribution in [3.05, 3.63) is 28.9 Å². The van der Waals surface area contributed by atoms with Gasteiger partial charge in [-0.3, -0.25) is 0 Å². The summed E-state index contributed by atoms with van der Waals surface area (Å²) >= 11 is 1.58.